The van der Waals surface area contributed by atoms with Gasteiger partial charge in [0.15, 0.2) is 0 Å². The van der Waals surface area contributed by atoms with Crippen molar-refractivity contribution in [2.24, 2.45) is 0 Å². The van der Waals surface area contributed by atoms with Crippen molar-refractivity contribution in [3.05, 3.63) is 16.3 Å². The van der Waals surface area contributed by atoms with E-state index in [1.54, 1.807) is 0 Å². The van der Waals surface area contributed by atoms with E-state index < -0.39 is 11.0 Å². The molecule has 9 nitrogen and oxygen atoms in total. The summed E-state index contributed by atoms with van der Waals surface area (Å²) < 4.78 is 0. The number of hydrogen-bond donors (Lipinski definition) is 3. The largest absolute Gasteiger partial charge is 0.354 e. The van der Waals surface area contributed by atoms with Gasteiger partial charge < -0.3 is 16.0 Å². The molecule has 1 aliphatic rings. The van der Waals surface area contributed by atoms with Gasteiger partial charge in [-0.25, -0.2) is 4.98 Å². The second-order valence-corrected chi connectivity index (χ2v) is 4.74. The van der Waals surface area contributed by atoms with Crippen molar-refractivity contribution in [1.82, 2.24) is 15.3 Å². The van der Waals surface area contributed by atoms with Gasteiger partial charge in [0.05, 0.1) is 4.92 Å². The summed E-state index contributed by atoms with van der Waals surface area (Å²) in [5.74, 6) is 0.203. The molecule has 0 bridgehead atoms. The summed E-state index contributed by atoms with van der Waals surface area (Å²) in [6.45, 7) is 3.29. The second kappa shape index (κ2) is 6.82. The predicted octanol–water partition coefficient (Wildman–Crippen LogP) is 0.897. The van der Waals surface area contributed by atoms with Crippen molar-refractivity contribution < 1.29 is 9.72 Å². The van der Waals surface area contributed by atoms with Crippen molar-refractivity contribution in [1.29, 1.82) is 0 Å². The van der Waals surface area contributed by atoms with Gasteiger partial charge in [-0.2, -0.15) is 4.98 Å². The van der Waals surface area contributed by atoms with Gasteiger partial charge in [-0.15, -0.1) is 0 Å². The molecule has 1 aliphatic heterocycles. The lowest BCUT2D eigenvalue weighted by molar-refractivity contribution is -0.384. The van der Waals surface area contributed by atoms with Crippen LogP contribution in [0.15, 0.2) is 6.20 Å². The number of nitro groups is 1. The molecule has 1 saturated heterocycles. The Hall–Kier alpha value is -2.45. The fraction of sp³-hybridized carbons (Fsp3) is 0.583. The quantitative estimate of drug-likeness (QED) is 0.526. The number of amides is 1. The first kappa shape index (κ1) is 14.9. The SMILES string of the molecule is CCCNc1ncc([N+](=O)[O-])c(NC2CCCNC2=O)n1. The van der Waals surface area contributed by atoms with E-state index in [4.69, 9.17) is 0 Å². The number of piperidine rings is 1. The van der Waals surface area contributed by atoms with Crippen LogP contribution in [0.5, 0.6) is 0 Å². The van der Waals surface area contributed by atoms with Crippen LogP contribution in [0, 0.1) is 10.1 Å². The minimum absolute atomic E-state index is 0.0654. The van der Waals surface area contributed by atoms with E-state index >= 15 is 0 Å². The Morgan fingerprint density at radius 3 is 3.05 bits per heavy atom. The molecule has 0 aromatic carbocycles. The van der Waals surface area contributed by atoms with Gasteiger partial charge in [-0.3, -0.25) is 14.9 Å². The lowest BCUT2D eigenvalue weighted by atomic mass is 10.1. The number of rotatable bonds is 6. The zero-order valence-electron chi connectivity index (χ0n) is 11.8. The number of anilines is 2. The molecule has 3 N–H and O–H groups in total. The van der Waals surface area contributed by atoms with Gasteiger partial charge in [0.25, 0.3) is 0 Å². The van der Waals surface area contributed by atoms with E-state index in [1.807, 2.05) is 6.92 Å². The average molecular weight is 294 g/mol. The highest BCUT2D eigenvalue weighted by Crippen LogP contribution is 2.24. The minimum atomic E-state index is -0.563. The minimum Gasteiger partial charge on any atom is -0.354 e. The number of nitrogens with one attached hydrogen (secondary N) is 3. The van der Waals surface area contributed by atoms with Gasteiger partial charge in [0.2, 0.25) is 17.7 Å². The number of carbonyl (C=O) groups is 1. The molecule has 0 spiro atoms. The van der Waals surface area contributed by atoms with Crippen molar-refractivity contribution in [3.63, 3.8) is 0 Å². The predicted molar refractivity (Wildman–Crippen MR) is 77.1 cm³/mol. The van der Waals surface area contributed by atoms with Crippen LogP contribution in [0.2, 0.25) is 0 Å². The first-order chi connectivity index (χ1) is 10.1. The van der Waals surface area contributed by atoms with E-state index in [2.05, 4.69) is 25.9 Å². The molecule has 2 heterocycles. The maximum atomic E-state index is 11.7. The molecule has 114 valence electrons. The molecule has 0 radical (unpaired) electrons. The van der Waals surface area contributed by atoms with Crippen LogP contribution in [0.3, 0.4) is 0 Å². The van der Waals surface area contributed by atoms with E-state index in [0.29, 0.717) is 25.5 Å². The van der Waals surface area contributed by atoms with E-state index in [1.165, 1.54) is 0 Å². The topological polar surface area (TPSA) is 122 Å². The summed E-state index contributed by atoms with van der Waals surface area (Å²) in [5.41, 5.74) is -0.240. The molecular formula is C12H18N6O3. The first-order valence-corrected chi connectivity index (χ1v) is 6.91. The third-order valence-corrected chi connectivity index (χ3v) is 3.10. The summed E-state index contributed by atoms with van der Waals surface area (Å²) >= 11 is 0. The molecule has 1 fully saturated rings. The normalized spacial score (nSPS) is 18.0. The highest BCUT2D eigenvalue weighted by molar-refractivity contribution is 5.85. The Morgan fingerprint density at radius 2 is 2.38 bits per heavy atom. The van der Waals surface area contributed by atoms with Crippen LogP contribution in [0.4, 0.5) is 17.5 Å². The molecule has 9 heteroatoms. The van der Waals surface area contributed by atoms with E-state index in [-0.39, 0.29) is 17.4 Å². The fourth-order valence-corrected chi connectivity index (χ4v) is 2.01. The van der Waals surface area contributed by atoms with E-state index in [0.717, 1.165) is 19.0 Å². The van der Waals surface area contributed by atoms with Crippen LogP contribution >= 0.6 is 0 Å². The Morgan fingerprint density at radius 1 is 1.57 bits per heavy atom. The van der Waals surface area contributed by atoms with Crippen LogP contribution in [-0.4, -0.2) is 39.9 Å². The highest BCUT2D eigenvalue weighted by atomic mass is 16.6. The molecule has 0 aliphatic carbocycles. The molecule has 2 rings (SSSR count). The zero-order chi connectivity index (χ0) is 15.2. The van der Waals surface area contributed by atoms with Crippen molar-refractivity contribution in [2.45, 2.75) is 32.2 Å². The maximum Gasteiger partial charge on any atom is 0.329 e. The smallest absolute Gasteiger partial charge is 0.329 e. The Kier molecular flexibility index (Phi) is 4.85. The van der Waals surface area contributed by atoms with Crippen LogP contribution < -0.4 is 16.0 Å². The molecule has 21 heavy (non-hydrogen) atoms. The Bertz CT molecular complexity index is 536. The van der Waals surface area contributed by atoms with Crippen LogP contribution in [0.25, 0.3) is 0 Å². The van der Waals surface area contributed by atoms with Crippen LogP contribution in [0.1, 0.15) is 26.2 Å². The van der Waals surface area contributed by atoms with Crippen molar-refractivity contribution in [3.8, 4) is 0 Å². The van der Waals surface area contributed by atoms with Gasteiger partial charge in [0.1, 0.15) is 12.2 Å². The molecular weight excluding hydrogens is 276 g/mol. The summed E-state index contributed by atoms with van der Waals surface area (Å²) in [6.07, 6.45) is 3.47. The van der Waals surface area contributed by atoms with Crippen molar-refractivity contribution >= 4 is 23.4 Å². The maximum absolute atomic E-state index is 11.7. The van der Waals surface area contributed by atoms with Gasteiger partial charge in [0, 0.05) is 13.1 Å². The summed E-state index contributed by atoms with van der Waals surface area (Å²) in [4.78, 5) is 30.2. The van der Waals surface area contributed by atoms with E-state index in [9.17, 15) is 14.9 Å². The monoisotopic (exact) mass is 294 g/mol. The first-order valence-electron chi connectivity index (χ1n) is 6.91. The lowest BCUT2D eigenvalue weighted by Crippen LogP contribution is -2.44. The van der Waals surface area contributed by atoms with Crippen LogP contribution in [-0.2, 0) is 4.79 Å². The summed E-state index contributed by atoms with van der Waals surface area (Å²) in [6, 6.07) is -0.508. The highest BCUT2D eigenvalue weighted by Gasteiger charge is 2.26. The summed E-state index contributed by atoms with van der Waals surface area (Å²) in [5, 5.41) is 19.6. The number of carbonyl (C=O) groups excluding carboxylic acids is 1. The lowest BCUT2D eigenvalue weighted by Gasteiger charge is -2.23. The molecule has 1 aromatic rings. The average Bonchev–Trinajstić information content (AvgIpc) is 2.47. The molecule has 1 amide bonds. The standard InChI is InChI=1S/C12H18N6O3/c1-2-5-14-12-15-7-9(18(20)21)10(17-12)16-8-4-3-6-13-11(8)19/h7-8H,2-6H2,1H3,(H,13,19)(H2,14,15,16,17). The summed E-state index contributed by atoms with van der Waals surface area (Å²) in [7, 11) is 0. The third-order valence-electron chi connectivity index (χ3n) is 3.10. The molecule has 1 atom stereocenters. The number of aromatic nitrogens is 2. The molecule has 0 saturated carbocycles. The van der Waals surface area contributed by atoms with Crippen molar-refractivity contribution in [2.75, 3.05) is 23.7 Å². The fourth-order valence-electron chi connectivity index (χ4n) is 2.01. The van der Waals surface area contributed by atoms with Gasteiger partial charge in [-0.1, -0.05) is 6.92 Å². The third kappa shape index (κ3) is 3.77. The Balaban J connectivity index is 2.21. The zero-order valence-corrected chi connectivity index (χ0v) is 11.8. The molecule has 1 unspecified atom stereocenters. The second-order valence-electron chi connectivity index (χ2n) is 4.74. The van der Waals surface area contributed by atoms with Gasteiger partial charge >= 0.3 is 5.69 Å². The Labute approximate surface area is 121 Å². The van der Waals surface area contributed by atoms with Gasteiger partial charge in [-0.05, 0) is 19.3 Å². The number of hydrogen-bond acceptors (Lipinski definition) is 7. The number of nitrogens with zero attached hydrogens (tertiary/aromatic N) is 3. The molecule has 1 aromatic heterocycles.